The van der Waals surface area contributed by atoms with Gasteiger partial charge in [-0.2, -0.15) is 0 Å². The van der Waals surface area contributed by atoms with Crippen molar-refractivity contribution in [1.29, 1.82) is 0 Å². The van der Waals surface area contributed by atoms with Crippen molar-refractivity contribution in [1.82, 2.24) is 14.7 Å². The van der Waals surface area contributed by atoms with Gasteiger partial charge in [0.2, 0.25) is 10.0 Å². The van der Waals surface area contributed by atoms with E-state index >= 15 is 0 Å². The zero-order valence-corrected chi connectivity index (χ0v) is 13.0. The van der Waals surface area contributed by atoms with Crippen LogP contribution in [0.2, 0.25) is 5.02 Å². The van der Waals surface area contributed by atoms with Crippen molar-refractivity contribution < 1.29 is 8.42 Å². The van der Waals surface area contributed by atoms with Crippen LogP contribution in [-0.2, 0) is 16.6 Å². The summed E-state index contributed by atoms with van der Waals surface area (Å²) in [6.45, 7) is 2.69. The van der Waals surface area contributed by atoms with Gasteiger partial charge in [0.05, 0.1) is 22.8 Å². The van der Waals surface area contributed by atoms with Crippen LogP contribution >= 0.6 is 22.9 Å². The Balaban J connectivity index is 2.14. The molecule has 2 aromatic heterocycles. The van der Waals surface area contributed by atoms with Crippen LogP contribution in [0.5, 0.6) is 0 Å². The predicted octanol–water partition coefficient (Wildman–Crippen LogP) is 2.10. The minimum absolute atomic E-state index is 0.0272. The van der Waals surface area contributed by atoms with E-state index in [2.05, 4.69) is 20.0 Å². The van der Waals surface area contributed by atoms with Gasteiger partial charge in [0.1, 0.15) is 10.7 Å². The molecule has 0 unspecified atom stereocenters. The van der Waals surface area contributed by atoms with Crippen LogP contribution < -0.4 is 10.0 Å². The molecule has 2 N–H and O–H groups in total. The van der Waals surface area contributed by atoms with Gasteiger partial charge in [-0.25, -0.2) is 23.1 Å². The molecule has 0 saturated carbocycles. The van der Waals surface area contributed by atoms with E-state index in [-0.39, 0.29) is 16.5 Å². The van der Waals surface area contributed by atoms with Crippen molar-refractivity contribution in [3.8, 4) is 0 Å². The first-order valence-corrected chi connectivity index (χ1v) is 8.59. The van der Waals surface area contributed by atoms with Gasteiger partial charge in [-0.15, -0.1) is 11.3 Å². The molecular weight excluding hydrogens is 320 g/mol. The monoisotopic (exact) mass is 332 g/mol. The molecule has 0 fully saturated rings. The average Bonchev–Trinajstić information content (AvgIpc) is 2.92. The average molecular weight is 333 g/mol. The highest BCUT2D eigenvalue weighted by Gasteiger charge is 2.16. The normalized spacial score (nSPS) is 11.5. The number of hydrogen-bond acceptors (Lipinski definition) is 6. The largest absolute Gasteiger partial charge is 0.369 e. The van der Waals surface area contributed by atoms with Gasteiger partial charge in [-0.1, -0.05) is 11.6 Å². The lowest BCUT2D eigenvalue weighted by atomic mass is 10.4. The number of hydrogen-bond donors (Lipinski definition) is 2. The molecule has 0 atom stereocenters. The van der Waals surface area contributed by atoms with Gasteiger partial charge in [0.15, 0.2) is 0 Å². The van der Waals surface area contributed by atoms with Crippen LogP contribution in [0.1, 0.15) is 12.6 Å². The van der Waals surface area contributed by atoms with Crippen molar-refractivity contribution in [2.75, 3.05) is 11.9 Å². The summed E-state index contributed by atoms with van der Waals surface area (Å²) >= 11 is 7.39. The summed E-state index contributed by atoms with van der Waals surface area (Å²) in [4.78, 5) is 8.04. The molecule has 2 rings (SSSR count). The Labute approximate surface area is 126 Å². The first-order chi connectivity index (χ1) is 9.53. The SMILES string of the molecule is CCNc1ncc(S(=O)(=O)NCc2cscn2)cc1Cl. The number of rotatable bonds is 6. The van der Waals surface area contributed by atoms with Crippen LogP contribution in [0.25, 0.3) is 0 Å². The number of pyridine rings is 1. The number of halogens is 1. The third kappa shape index (κ3) is 3.66. The van der Waals surface area contributed by atoms with E-state index in [1.807, 2.05) is 6.92 Å². The second-order valence-electron chi connectivity index (χ2n) is 3.84. The Morgan fingerprint density at radius 3 is 2.80 bits per heavy atom. The minimum Gasteiger partial charge on any atom is -0.369 e. The second-order valence-corrected chi connectivity index (χ2v) is 6.73. The summed E-state index contributed by atoms with van der Waals surface area (Å²) in [5, 5.41) is 4.99. The third-order valence-electron chi connectivity index (χ3n) is 2.40. The summed E-state index contributed by atoms with van der Waals surface area (Å²) in [5.41, 5.74) is 2.31. The van der Waals surface area contributed by atoms with Crippen molar-refractivity contribution in [3.63, 3.8) is 0 Å². The Morgan fingerprint density at radius 2 is 2.20 bits per heavy atom. The molecule has 0 aliphatic heterocycles. The van der Waals surface area contributed by atoms with Gasteiger partial charge < -0.3 is 5.32 Å². The first kappa shape index (κ1) is 15.2. The molecular formula is C11H13ClN4O2S2. The van der Waals surface area contributed by atoms with E-state index < -0.39 is 10.0 Å². The molecule has 20 heavy (non-hydrogen) atoms. The topological polar surface area (TPSA) is 84.0 Å². The van der Waals surface area contributed by atoms with Crippen LogP contribution in [0, 0.1) is 0 Å². The molecule has 108 valence electrons. The summed E-state index contributed by atoms with van der Waals surface area (Å²) in [7, 11) is -3.65. The molecule has 9 heteroatoms. The van der Waals surface area contributed by atoms with E-state index in [1.54, 1.807) is 10.9 Å². The van der Waals surface area contributed by atoms with E-state index in [0.717, 1.165) is 0 Å². The predicted molar refractivity (Wildman–Crippen MR) is 79.6 cm³/mol. The molecule has 0 amide bonds. The zero-order valence-electron chi connectivity index (χ0n) is 10.6. The van der Waals surface area contributed by atoms with E-state index in [4.69, 9.17) is 11.6 Å². The van der Waals surface area contributed by atoms with E-state index in [1.165, 1.54) is 23.6 Å². The molecule has 0 aliphatic carbocycles. The lowest BCUT2D eigenvalue weighted by Gasteiger charge is -2.08. The van der Waals surface area contributed by atoms with Crippen molar-refractivity contribution in [2.45, 2.75) is 18.4 Å². The van der Waals surface area contributed by atoms with E-state index in [9.17, 15) is 8.42 Å². The summed E-state index contributed by atoms with van der Waals surface area (Å²) < 4.78 is 26.6. The smallest absolute Gasteiger partial charge is 0.242 e. The molecule has 2 aromatic rings. The minimum atomic E-state index is -3.65. The molecule has 0 aromatic carbocycles. The Bertz CT molecular complexity index is 674. The molecule has 0 aliphatic rings. The lowest BCUT2D eigenvalue weighted by molar-refractivity contribution is 0.580. The number of thiazole rings is 1. The first-order valence-electron chi connectivity index (χ1n) is 5.79. The fourth-order valence-corrected chi connectivity index (χ4v) is 3.27. The zero-order chi connectivity index (χ0) is 14.6. The van der Waals surface area contributed by atoms with Crippen molar-refractivity contribution in [3.05, 3.63) is 33.9 Å². The molecule has 6 nitrogen and oxygen atoms in total. The molecule has 0 spiro atoms. The van der Waals surface area contributed by atoms with Crippen LogP contribution in [0.4, 0.5) is 5.82 Å². The molecule has 0 bridgehead atoms. The van der Waals surface area contributed by atoms with Crippen LogP contribution in [0.15, 0.2) is 28.0 Å². The molecule has 2 heterocycles. The number of anilines is 1. The van der Waals surface area contributed by atoms with Crippen LogP contribution in [-0.4, -0.2) is 24.9 Å². The lowest BCUT2D eigenvalue weighted by Crippen LogP contribution is -2.23. The quantitative estimate of drug-likeness (QED) is 0.846. The maximum absolute atomic E-state index is 12.1. The maximum Gasteiger partial charge on any atom is 0.242 e. The maximum atomic E-state index is 12.1. The van der Waals surface area contributed by atoms with Crippen molar-refractivity contribution >= 4 is 38.8 Å². The van der Waals surface area contributed by atoms with Gasteiger partial charge in [-0.05, 0) is 13.0 Å². The number of nitrogens with zero attached hydrogens (tertiary/aromatic N) is 2. The van der Waals surface area contributed by atoms with Gasteiger partial charge in [0, 0.05) is 18.1 Å². The highest BCUT2D eigenvalue weighted by atomic mass is 35.5. The fraction of sp³-hybridized carbons (Fsp3) is 0.273. The van der Waals surface area contributed by atoms with Gasteiger partial charge in [0.25, 0.3) is 0 Å². The molecule has 0 radical (unpaired) electrons. The number of nitrogens with one attached hydrogen (secondary N) is 2. The third-order valence-corrected chi connectivity index (χ3v) is 4.69. The summed E-state index contributed by atoms with van der Waals surface area (Å²) in [6, 6.07) is 1.37. The van der Waals surface area contributed by atoms with Gasteiger partial charge in [-0.3, -0.25) is 0 Å². The second kappa shape index (κ2) is 6.49. The Hall–Kier alpha value is -1.22. The molecule has 0 saturated heterocycles. The standard InChI is InChI=1S/C11H13ClN4O2S2/c1-2-13-11-10(12)3-9(5-14-11)20(17,18)16-4-8-6-19-7-15-8/h3,5-7,16H,2,4H2,1H3,(H,13,14). The van der Waals surface area contributed by atoms with Gasteiger partial charge >= 0.3 is 0 Å². The highest BCUT2D eigenvalue weighted by molar-refractivity contribution is 7.89. The van der Waals surface area contributed by atoms with Crippen LogP contribution in [0.3, 0.4) is 0 Å². The summed E-state index contributed by atoms with van der Waals surface area (Å²) in [6.07, 6.45) is 1.27. The summed E-state index contributed by atoms with van der Waals surface area (Å²) in [5.74, 6) is 0.465. The number of aromatic nitrogens is 2. The Kier molecular flexibility index (Phi) is 4.92. The fourth-order valence-electron chi connectivity index (χ4n) is 1.44. The van der Waals surface area contributed by atoms with Crippen molar-refractivity contribution in [2.24, 2.45) is 0 Å². The van der Waals surface area contributed by atoms with E-state index in [0.29, 0.717) is 18.1 Å². The highest BCUT2D eigenvalue weighted by Crippen LogP contribution is 2.22. The number of sulfonamides is 1. The Morgan fingerprint density at radius 1 is 1.40 bits per heavy atom.